The highest BCUT2D eigenvalue weighted by Gasteiger charge is 2.21. The number of nitrogens with one attached hydrogen (secondary N) is 1. The summed E-state index contributed by atoms with van der Waals surface area (Å²) in [5.41, 5.74) is 5.86. The van der Waals surface area contributed by atoms with E-state index in [1.807, 2.05) is 19.1 Å². The Morgan fingerprint density at radius 2 is 1.89 bits per heavy atom. The molecule has 0 unspecified atom stereocenters. The maximum atomic E-state index is 12.5. The van der Waals surface area contributed by atoms with Crippen molar-refractivity contribution >= 4 is 17.4 Å². The smallest absolute Gasteiger partial charge is 0.330 e. The van der Waals surface area contributed by atoms with E-state index in [1.165, 1.54) is 17.2 Å². The summed E-state index contributed by atoms with van der Waals surface area (Å²) in [6.07, 6.45) is 1.58. The number of amides is 1. The molecule has 0 saturated carbocycles. The van der Waals surface area contributed by atoms with E-state index >= 15 is 0 Å². The molecule has 152 valence electrons. The molecular weight excluding hydrogens is 360 g/mol. The molecule has 0 bridgehead atoms. The molecule has 0 spiro atoms. The van der Waals surface area contributed by atoms with E-state index in [2.05, 4.69) is 18.8 Å². The third kappa shape index (κ3) is 4.82. The molecular formula is C20H28N4O4. The summed E-state index contributed by atoms with van der Waals surface area (Å²) in [6.45, 7) is 6.27. The molecule has 1 aromatic carbocycles. The maximum absolute atomic E-state index is 12.5. The molecule has 0 aliphatic carbocycles. The molecule has 1 amide bonds. The Labute approximate surface area is 163 Å². The summed E-state index contributed by atoms with van der Waals surface area (Å²) in [7, 11) is 1.43. The van der Waals surface area contributed by atoms with Crippen LogP contribution >= 0.6 is 0 Å². The van der Waals surface area contributed by atoms with Gasteiger partial charge in [0.25, 0.3) is 11.5 Å². The number of ether oxygens (including phenoxy) is 1. The van der Waals surface area contributed by atoms with Crippen molar-refractivity contribution in [3.8, 4) is 5.75 Å². The molecule has 2 rings (SSSR count). The minimum absolute atomic E-state index is 0.0284. The average Bonchev–Trinajstić information content (AvgIpc) is 2.65. The number of nitrogens with zero attached hydrogens (tertiary/aromatic N) is 2. The number of rotatable bonds is 8. The Hall–Kier alpha value is -3.03. The number of aromatic amines is 1. The lowest BCUT2D eigenvalue weighted by molar-refractivity contribution is -0.120. The second-order valence-corrected chi connectivity index (χ2v) is 6.96. The first kappa shape index (κ1) is 21.3. The monoisotopic (exact) mass is 388 g/mol. The van der Waals surface area contributed by atoms with Gasteiger partial charge in [-0.2, -0.15) is 0 Å². The van der Waals surface area contributed by atoms with Gasteiger partial charge in [0.2, 0.25) is 0 Å². The molecule has 0 atom stereocenters. The molecule has 3 N–H and O–H groups in total. The van der Waals surface area contributed by atoms with Crippen LogP contribution in [0, 0.1) is 0 Å². The number of hydrogen-bond acceptors (Lipinski definition) is 5. The Morgan fingerprint density at radius 3 is 2.46 bits per heavy atom. The second kappa shape index (κ2) is 9.25. The molecule has 1 heterocycles. The number of H-pyrrole nitrogens is 1. The Kier molecular flexibility index (Phi) is 7.03. The highest BCUT2D eigenvalue weighted by Crippen LogP contribution is 2.19. The number of likely N-dealkylation sites (N-methyl/N-ethyl adjacent to an activating group) is 1. The van der Waals surface area contributed by atoms with Gasteiger partial charge in [0.15, 0.2) is 12.3 Å². The van der Waals surface area contributed by atoms with Gasteiger partial charge in [-0.15, -0.1) is 0 Å². The number of anilines is 2. The lowest BCUT2D eigenvalue weighted by atomic mass is 10.0. The van der Waals surface area contributed by atoms with Crippen LogP contribution in [0.3, 0.4) is 0 Å². The zero-order chi connectivity index (χ0) is 20.8. The van der Waals surface area contributed by atoms with Gasteiger partial charge in [-0.25, -0.2) is 4.79 Å². The molecule has 0 radical (unpaired) electrons. The van der Waals surface area contributed by atoms with Gasteiger partial charge in [0.1, 0.15) is 11.6 Å². The standard InChI is InChI=1S/C20H28N4O4/c1-5-6-11-24-18(21)17(19(26)22-20(24)27)23(4)16(25)12-28-15-9-7-14(8-10-15)13(2)3/h7-10,13H,5-6,11-12,21H2,1-4H3,(H,22,26,27). The molecule has 1 aromatic heterocycles. The Bertz CT molecular complexity index is 929. The van der Waals surface area contributed by atoms with Crippen molar-refractivity contribution in [1.29, 1.82) is 0 Å². The van der Waals surface area contributed by atoms with Crippen molar-refractivity contribution in [2.24, 2.45) is 0 Å². The maximum Gasteiger partial charge on any atom is 0.330 e. The number of carbonyl (C=O) groups excluding carboxylic acids is 1. The van der Waals surface area contributed by atoms with E-state index in [0.29, 0.717) is 18.2 Å². The SMILES string of the molecule is CCCCn1c(N)c(N(C)C(=O)COc2ccc(C(C)C)cc2)c(=O)[nH]c1=O. The summed E-state index contributed by atoms with van der Waals surface area (Å²) in [4.78, 5) is 40.1. The van der Waals surface area contributed by atoms with Gasteiger partial charge in [-0.3, -0.25) is 19.1 Å². The largest absolute Gasteiger partial charge is 0.484 e. The van der Waals surface area contributed by atoms with Crippen molar-refractivity contribution in [2.75, 3.05) is 24.3 Å². The van der Waals surface area contributed by atoms with Gasteiger partial charge < -0.3 is 15.4 Å². The number of benzene rings is 1. The van der Waals surface area contributed by atoms with Gasteiger partial charge in [-0.05, 0) is 30.0 Å². The Morgan fingerprint density at radius 1 is 1.25 bits per heavy atom. The van der Waals surface area contributed by atoms with Crippen LogP contribution in [0.25, 0.3) is 0 Å². The molecule has 0 fully saturated rings. The van der Waals surface area contributed by atoms with E-state index in [1.54, 1.807) is 12.1 Å². The van der Waals surface area contributed by atoms with Gasteiger partial charge in [0.05, 0.1) is 0 Å². The summed E-state index contributed by atoms with van der Waals surface area (Å²) in [6, 6.07) is 7.49. The minimum Gasteiger partial charge on any atom is -0.484 e. The van der Waals surface area contributed by atoms with E-state index in [4.69, 9.17) is 10.5 Å². The number of aromatic nitrogens is 2. The third-order valence-electron chi connectivity index (χ3n) is 4.57. The summed E-state index contributed by atoms with van der Waals surface area (Å²) >= 11 is 0. The predicted octanol–water partition coefficient (Wildman–Crippen LogP) is 2.08. The highest BCUT2D eigenvalue weighted by atomic mass is 16.5. The van der Waals surface area contributed by atoms with Crippen molar-refractivity contribution in [1.82, 2.24) is 9.55 Å². The van der Waals surface area contributed by atoms with E-state index in [0.717, 1.165) is 17.7 Å². The first-order chi connectivity index (χ1) is 13.3. The highest BCUT2D eigenvalue weighted by molar-refractivity contribution is 5.96. The van der Waals surface area contributed by atoms with Crippen LogP contribution in [0.5, 0.6) is 5.75 Å². The second-order valence-electron chi connectivity index (χ2n) is 6.96. The van der Waals surface area contributed by atoms with Crippen molar-refractivity contribution in [3.63, 3.8) is 0 Å². The lowest BCUT2D eigenvalue weighted by Crippen LogP contribution is -2.40. The quantitative estimate of drug-likeness (QED) is 0.719. The summed E-state index contributed by atoms with van der Waals surface area (Å²) in [5.74, 6) is 0.478. The van der Waals surface area contributed by atoms with Crippen molar-refractivity contribution in [3.05, 3.63) is 50.7 Å². The molecule has 8 heteroatoms. The molecule has 0 saturated heterocycles. The van der Waals surface area contributed by atoms with Gasteiger partial charge in [0, 0.05) is 13.6 Å². The third-order valence-corrected chi connectivity index (χ3v) is 4.57. The number of unbranched alkanes of at least 4 members (excludes halogenated alkanes) is 1. The van der Waals surface area contributed by atoms with E-state index in [-0.39, 0.29) is 18.1 Å². The normalized spacial score (nSPS) is 10.9. The average molecular weight is 388 g/mol. The van der Waals surface area contributed by atoms with Crippen LogP contribution in [0.15, 0.2) is 33.9 Å². The predicted molar refractivity (Wildman–Crippen MR) is 110 cm³/mol. The van der Waals surface area contributed by atoms with E-state index < -0.39 is 17.2 Å². The fraction of sp³-hybridized carbons (Fsp3) is 0.450. The summed E-state index contributed by atoms with van der Waals surface area (Å²) in [5, 5.41) is 0. The molecule has 2 aromatic rings. The first-order valence-electron chi connectivity index (χ1n) is 9.38. The Balaban J connectivity index is 2.16. The fourth-order valence-corrected chi connectivity index (χ4v) is 2.76. The van der Waals surface area contributed by atoms with Gasteiger partial charge >= 0.3 is 5.69 Å². The van der Waals surface area contributed by atoms with Crippen LogP contribution in [0.2, 0.25) is 0 Å². The topological polar surface area (TPSA) is 110 Å². The summed E-state index contributed by atoms with van der Waals surface area (Å²) < 4.78 is 6.80. The number of nitrogen functional groups attached to an aromatic ring is 1. The minimum atomic E-state index is -0.701. The van der Waals surface area contributed by atoms with Gasteiger partial charge in [-0.1, -0.05) is 39.3 Å². The number of nitrogens with two attached hydrogens (primary N) is 1. The first-order valence-corrected chi connectivity index (χ1v) is 9.38. The molecule has 28 heavy (non-hydrogen) atoms. The van der Waals surface area contributed by atoms with Crippen molar-refractivity contribution in [2.45, 2.75) is 46.1 Å². The molecule has 8 nitrogen and oxygen atoms in total. The molecule has 0 aliphatic rings. The van der Waals surface area contributed by atoms with Crippen LogP contribution in [0.4, 0.5) is 11.5 Å². The number of hydrogen-bond donors (Lipinski definition) is 2. The number of carbonyl (C=O) groups is 1. The fourth-order valence-electron chi connectivity index (χ4n) is 2.76. The van der Waals surface area contributed by atoms with E-state index in [9.17, 15) is 14.4 Å². The zero-order valence-electron chi connectivity index (χ0n) is 16.8. The van der Waals surface area contributed by atoms with Crippen molar-refractivity contribution < 1.29 is 9.53 Å². The van der Waals surface area contributed by atoms with Crippen LogP contribution in [-0.2, 0) is 11.3 Å². The zero-order valence-corrected chi connectivity index (χ0v) is 16.8. The molecule has 0 aliphatic heterocycles. The lowest BCUT2D eigenvalue weighted by Gasteiger charge is -2.20. The van der Waals surface area contributed by atoms with Crippen LogP contribution < -0.4 is 26.6 Å². The van der Waals surface area contributed by atoms with Crippen LogP contribution in [-0.4, -0.2) is 29.1 Å². The van der Waals surface area contributed by atoms with Crippen LogP contribution in [0.1, 0.15) is 45.1 Å².